The van der Waals surface area contributed by atoms with Crippen molar-refractivity contribution in [3.63, 3.8) is 0 Å². The summed E-state index contributed by atoms with van der Waals surface area (Å²) in [7, 11) is 0. The summed E-state index contributed by atoms with van der Waals surface area (Å²) >= 11 is 0. The van der Waals surface area contributed by atoms with Crippen molar-refractivity contribution in [3.05, 3.63) is 35.4 Å². The topological polar surface area (TPSA) is 101 Å². The second kappa shape index (κ2) is 4.24. The van der Waals surface area contributed by atoms with E-state index < -0.39 is 29.7 Å². The first-order valence-electron chi connectivity index (χ1n) is 6.11. The quantitative estimate of drug-likeness (QED) is 0.429. The predicted octanol–water partition coefficient (Wildman–Crippen LogP) is -0.326. The van der Waals surface area contributed by atoms with Gasteiger partial charge in [0.1, 0.15) is 6.04 Å². The second-order valence-corrected chi connectivity index (χ2v) is 4.68. The zero-order chi connectivity index (χ0) is 14.4. The molecule has 0 spiro atoms. The second-order valence-electron chi connectivity index (χ2n) is 4.68. The molecular formula is C13H11N3O4. The van der Waals surface area contributed by atoms with Crippen LogP contribution in [0.5, 0.6) is 0 Å². The SMILES string of the molecule is NN1C(=O)CCC(N2C(=O)c3ccccc3C2=O)C1=O. The number of hydrogen-bond acceptors (Lipinski definition) is 5. The number of benzene rings is 1. The monoisotopic (exact) mass is 273 g/mol. The van der Waals surface area contributed by atoms with E-state index in [1.54, 1.807) is 12.1 Å². The van der Waals surface area contributed by atoms with Gasteiger partial charge in [0.25, 0.3) is 17.7 Å². The molecular weight excluding hydrogens is 262 g/mol. The highest BCUT2D eigenvalue weighted by Crippen LogP contribution is 2.28. The van der Waals surface area contributed by atoms with Gasteiger partial charge in [0.2, 0.25) is 5.91 Å². The molecule has 2 aliphatic heterocycles. The Bertz CT molecular complexity index is 620. The highest BCUT2D eigenvalue weighted by molar-refractivity contribution is 6.23. The Hall–Kier alpha value is -2.54. The summed E-state index contributed by atoms with van der Waals surface area (Å²) in [5.74, 6) is 3.08. The molecule has 7 heteroatoms. The summed E-state index contributed by atoms with van der Waals surface area (Å²) in [4.78, 5) is 48.7. The van der Waals surface area contributed by atoms with Gasteiger partial charge in [0, 0.05) is 6.42 Å². The van der Waals surface area contributed by atoms with Crippen LogP contribution in [0, 0.1) is 0 Å². The minimum atomic E-state index is -1.01. The minimum Gasteiger partial charge on any atom is -0.273 e. The van der Waals surface area contributed by atoms with Crippen LogP contribution < -0.4 is 5.84 Å². The first-order valence-corrected chi connectivity index (χ1v) is 6.11. The number of carbonyl (C=O) groups is 4. The Morgan fingerprint density at radius 1 is 1.00 bits per heavy atom. The number of piperidine rings is 1. The van der Waals surface area contributed by atoms with Crippen LogP contribution >= 0.6 is 0 Å². The molecule has 1 atom stereocenters. The smallest absolute Gasteiger partial charge is 0.266 e. The van der Waals surface area contributed by atoms with Crippen molar-refractivity contribution in [2.75, 3.05) is 0 Å². The third-order valence-electron chi connectivity index (χ3n) is 3.56. The first kappa shape index (κ1) is 12.5. The summed E-state index contributed by atoms with van der Waals surface area (Å²) < 4.78 is 0. The number of fused-ring (bicyclic) bond motifs is 1. The molecule has 4 amide bonds. The van der Waals surface area contributed by atoms with E-state index >= 15 is 0 Å². The third kappa shape index (κ3) is 1.56. The number of amides is 4. The maximum atomic E-state index is 12.2. The number of hydrazine groups is 1. The molecule has 0 saturated carbocycles. The average molecular weight is 273 g/mol. The molecule has 102 valence electrons. The Kier molecular flexibility index (Phi) is 2.65. The largest absolute Gasteiger partial charge is 0.273 e. The van der Waals surface area contributed by atoms with Gasteiger partial charge in [0.15, 0.2) is 0 Å². The van der Waals surface area contributed by atoms with E-state index in [4.69, 9.17) is 5.84 Å². The molecule has 1 fully saturated rings. The van der Waals surface area contributed by atoms with Crippen molar-refractivity contribution in [3.8, 4) is 0 Å². The van der Waals surface area contributed by atoms with Crippen LogP contribution in [-0.4, -0.2) is 39.6 Å². The molecule has 1 aromatic carbocycles. The molecule has 0 aliphatic carbocycles. The summed E-state index contributed by atoms with van der Waals surface area (Å²) in [6.45, 7) is 0. The molecule has 20 heavy (non-hydrogen) atoms. The van der Waals surface area contributed by atoms with Crippen LogP contribution in [0.4, 0.5) is 0 Å². The Balaban J connectivity index is 1.97. The van der Waals surface area contributed by atoms with Gasteiger partial charge >= 0.3 is 0 Å². The lowest BCUT2D eigenvalue weighted by atomic mass is 10.0. The zero-order valence-electron chi connectivity index (χ0n) is 10.4. The van der Waals surface area contributed by atoms with Crippen LogP contribution in [0.1, 0.15) is 33.6 Å². The van der Waals surface area contributed by atoms with Crippen molar-refractivity contribution >= 4 is 23.6 Å². The fraction of sp³-hybridized carbons (Fsp3) is 0.231. The number of rotatable bonds is 1. The number of hydrogen-bond donors (Lipinski definition) is 1. The van der Waals surface area contributed by atoms with Crippen LogP contribution in [-0.2, 0) is 9.59 Å². The van der Waals surface area contributed by atoms with Gasteiger partial charge in [0.05, 0.1) is 11.1 Å². The van der Waals surface area contributed by atoms with Gasteiger partial charge in [-0.2, -0.15) is 0 Å². The van der Waals surface area contributed by atoms with Gasteiger partial charge in [-0.25, -0.2) is 10.9 Å². The van der Waals surface area contributed by atoms with Crippen LogP contribution in [0.15, 0.2) is 24.3 Å². The average Bonchev–Trinajstić information content (AvgIpc) is 2.70. The van der Waals surface area contributed by atoms with Gasteiger partial charge in [-0.05, 0) is 18.6 Å². The normalized spacial score (nSPS) is 22.6. The minimum absolute atomic E-state index is 0.0281. The van der Waals surface area contributed by atoms with E-state index in [1.807, 2.05) is 0 Å². The highest BCUT2D eigenvalue weighted by atomic mass is 16.2. The Labute approximate surface area is 113 Å². The zero-order valence-corrected chi connectivity index (χ0v) is 10.4. The summed E-state index contributed by atoms with van der Waals surface area (Å²) in [5, 5.41) is 0.484. The molecule has 1 unspecified atom stereocenters. The third-order valence-corrected chi connectivity index (χ3v) is 3.56. The van der Waals surface area contributed by atoms with Gasteiger partial charge in [-0.1, -0.05) is 12.1 Å². The lowest BCUT2D eigenvalue weighted by Crippen LogP contribution is -2.58. The van der Waals surface area contributed by atoms with Crippen LogP contribution in [0.2, 0.25) is 0 Å². The fourth-order valence-corrected chi connectivity index (χ4v) is 2.52. The Morgan fingerprint density at radius 3 is 2.10 bits per heavy atom. The van der Waals surface area contributed by atoms with Crippen molar-refractivity contribution < 1.29 is 19.2 Å². The van der Waals surface area contributed by atoms with E-state index in [0.29, 0.717) is 5.01 Å². The number of carbonyl (C=O) groups excluding carboxylic acids is 4. The molecule has 2 N–H and O–H groups in total. The first-order chi connectivity index (χ1) is 9.52. The molecule has 2 heterocycles. The van der Waals surface area contributed by atoms with Gasteiger partial charge in [-0.3, -0.25) is 24.1 Å². The van der Waals surface area contributed by atoms with E-state index in [2.05, 4.69) is 0 Å². The lowest BCUT2D eigenvalue weighted by Gasteiger charge is -2.31. The van der Waals surface area contributed by atoms with Crippen LogP contribution in [0.3, 0.4) is 0 Å². The summed E-state index contributed by atoms with van der Waals surface area (Å²) in [6.07, 6.45) is 0.136. The number of imide groups is 2. The lowest BCUT2D eigenvalue weighted by molar-refractivity contribution is -0.151. The van der Waals surface area contributed by atoms with Crippen molar-refractivity contribution in [1.82, 2.24) is 9.91 Å². The van der Waals surface area contributed by atoms with Crippen molar-refractivity contribution in [2.24, 2.45) is 5.84 Å². The summed E-state index contributed by atoms with van der Waals surface area (Å²) in [5.41, 5.74) is 0.538. The van der Waals surface area contributed by atoms with E-state index in [-0.39, 0.29) is 24.0 Å². The number of nitrogens with two attached hydrogens (primary N) is 1. The Morgan fingerprint density at radius 2 is 1.55 bits per heavy atom. The summed E-state index contributed by atoms with van der Waals surface area (Å²) in [6, 6.07) is 5.36. The van der Waals surface area contributed by atoms with Crippen molar-refractivity contribution in [2.45, 2.75) is 18.9 Å². The van der Waals surface area contributed by atoms with Crippen molar-refractivity contribution in [1.29, 1.82) is 0 Å². The molecule has 0 bridgehead atoms. The number of nitrogens with zero attached hydrogens (tertiary/aromatic N) is 2. The van der Waals surface area contributed by atoms with Crippen LogP contribution in [0.25, 0.3) is 0 Å². The molecule has 3 rings (SSSR count). The molecule has 1 aromatic rings. The fourth-order valence-electron chi connectivity index (χ4n) is 2.52. The molecule has 0 radical (unpaired) electrons. The van der Waals surface area contributed by atoms with E-state index in [9.17, 15) is 19.2 Å². The molecule has 1 saturated heterocycles. The maximum Gasteiger partial charge on any atom is 0.266 e. The van der Waals surface area contributed by atoms with E-state index in [1.165, 1.54) is 12.1 Å². The van der Waals surface area contributed by atoms with Gasteiger partial charge < -0.3 is 0 Å². The van der Waals surface area contributed by atoms with Gasteiger partial charge in [-0.15, -0.1) is 0 Å². The molecule has 0 aromatic heterocycles. The maximum absolute atomic E-state index is 12.2. The predicted molar refractivity (Wildman–Crippen MR) is 66.0 cm³/mol. The standard InChI is InChI=1S/C13H11N3O4/c14-16-10(17)6-5-9(13(16)20)15-11(18)7-3-1-2-4-8(7)12(15)19/h1-4,9H,5-6,14H2. The molecule has 7 nitrogen and oxygen atoms in total. The van der Waals surface area contributed by atoms with E-state index in [0.717, 1.165) is 4.90 Å². The molecule has 2 aliphatic rings. The highest BCUT2D eigenvalue weighted by Gasteiger charge is 2.46.